The summed E-state index contributed by atoms with van der Waals surface area (Å²) >= 11 is 0. The Morgan fingerprint density at radius 3 is 2.27 bits per heavy atom. The third-order valence-corrected chi connectivity index (χ3v) is 6.43. The molecule has 2 atom stereocenters. The molecular weight excluding hydrogens is 429 g/mol. The molecule has 2 aliphatic heterocycles. The van der Waals surface area contributed by atoms with Crippen LogP contribution in [0.25, 0.3) is 0 Å². The number of benzene rings is 2. The van der Waals surface area contributed by atoms with Gasteiger partial charge in [-0.25, -0.2) is 4.39 Å². The van der Waals surface area contributed by atoms with Crippen molar-refractivity contribution in [3.8, 4) is 5.75 Å². The third kappa shape index (κ3) is 5.09. The number of aromatic hydroxyl groups is 1. The fourth-order valence-corrected chi connectivity index (χ4v) is 4.45. The van der Waals surface area contributed by atoms with Crippen LogP contribution in [0.15, 0.2) is 42.5 Å². The molecule has 8 nitrogen and oxygen atoms in total. The summed E-state index contributed by atoms with van der Waals surface area (Å²) in [5.41, 5.74) is 2.54. The van der Waals surface area contributed by atoms with Crippen LogP contribution >= 0.6 is 0 Å². The van der Waals surface area contributed by atoms with Gasteiger partial charge < -0.3 is 30.4 Å². The highest BCUT2D eigenvalue weighted by atomic mass is 19.1. The van der Waals surface area contributed by atoms with Crippen LogP contribution in [0, 0.1) is 11.7 Å². The summed E-state index contributed by atoms with van der Waals surface area (Å²) in [6, 6.07) is 11.5. The molecule has 1 unspecified atom stereocenters. The van der Waals surface area contributed by atoms with Gasteiger partial charge >= 0.3 is 0 Å². The van der Waals surface area contributed by atoms with Crippen LogP contribution in [0.5, 0.6) is 5.75 Å². The largest absolute Gasteiger partial charge is 0.506 e. The number of aliphatic hydroxyl groups excluding tert-OH is 2. The minimum Gasteiger partial charge on any atom is -0.506 e. The van der Waals surface area contributed by atoms with E-state index in [1.165, 1.54) is 11.0 Å². The molecule has 2 amide bonds. The molecule has 33 heavy (non-hydrogen) atoms. The predicted octanol–water partition coefficient (Wildman–Crippen LogP) is 1.13. The number of phenolic OH excluding ortho intramolecular Hbond substituents is 1. The van der Waals surface area contributed by atoms with E-state index in [9.17, 15) is 29.3 Å². The van der Waals surface area contributed by atoms with E-state index in [0.29, 0.717) is 38.4 Å². The van der Waals surface area contributed by atoms with Crippen LogP contribution in [-0.2, 0) is 22.7 Å². The van der Waals surface area contributed by atoms with Crippen LogP contribution in [0.1, 0.15) is 24.0 Å². The zero-order valence-corrected chi connectivity index (χ0v) is 18.2. The molecule has 176 valence electrons. The van der Waals surface area contributed by atoms with Crippen molar-refractivity contribution in [3.63, 3.8) is 0 Å². The number of carbonyl (C=O) groups excluding carboxylic acids is 2. The summed E-state index contributed by atoms with van der Waals surface area (Å²) in [6.45, 7) is 2.22. The maximum atomic E-state index is 13.2. The second-order valence-electron chi connectivity index (χ2n) is 8.66. The number of nitrogens with zero attached hydrogens (tertiary/aromatic N) is 2. The number of hydrogen-bond acceptors (Lipinski definition) is 6. The van der Waals surface area contributed by atoms with Gasteiger partial charge in [-0.3, -0.25) is 9.59 Å². The maximum Gasteiger partial charge on any atom is 0.255 e. The van der Waals surface area contributed by atoms with Gasteiger partial charge in [0.25, 0.3) is 11.8 Å². The van der Waals surface area contributed by atoms with Gasteiger partial charge in [-0.1, -0.05) is 24.3 Å². The summed E-state index contributed by atoms with van der Waals surface area (Å²) in [5, 5.41) is 33.1. The lowest BCUT2D eigenvalue weighted by molar-refractivity contribution is -0.153. The molecule has 2 aromatic rings. The topological polar surface area (TPSA) is 113 Å². The maximum absolute atomic E-state index is 13.2. The number of phenols is 1. The van der Waals surface area contributed by atoms with Gasteiger partial charge in [-0.05, 0) is 42.0 Å². The van der Waals surface area contributed by atoms with Gasteiger partial charge in [-0.2, -0.15) is 0 Å². The average molecular weight is 458 g/mol. The summed E-state index contributed by atoms with van der Waals surface area (Å²) in [6.07, 6.45) is -2.23. The predicted molar refractivity (Wildman–Crippen MR) is 119 cm³/mol. The summed E-state index contributed by atoms with van der Waals surface area (Å²) in [7, 11) is 0. The molecule has 0 saturated carbocycles. The van der Waals surface area contributed by atoms with Crippen molar-refractivity contribution in [1.82, 2.24) is 10.2 Å². The Balaban J connectivity index is 1.23. The Hall–Kier alpha value is -3.17. The van der Waals surface area contributed by atoms with Crippen molar-refractivity contribution in [2.75, 3.05) is 24.5 Å². The van der Waals surface area contributed by atoms with Gasteiger partial charge in [0.2, 0.25) is 0 Å². The lowest BCUT2D eigenvalue weighted by Crippen LogP contribution is -2.50. The summed E-state index contributed by atoms with van der Waals surface area (Å²) < 4.78 is 13.2. The zero-order chi connectivity index (χ0) is 23.5. The number of piperidine rings is 1. The Morgan fingerprint density at radius 2 is 1.67 bits per heavy atom. The number of aliphatic hydroxyl groups is 2. The highest BCUT2D eigenvalue weighted by Crippen LogP contribution is 2.31. The third-order valence-electron chi connectivity index (χ3n) is 6.43. The SMILES string of the molecule is O=C(NCC1CCN(c2ccc(F)cc2O)CC1)C(O)[C@@H](O)C(=O)N1Cc2ccccc2C1. The van der Waals surface area contributed by atoms with E-state index in [0.717, 1.165) is 30.0 Å². The smallest absolute Gasteiger partial charge is 0.255 e. The van der Waals surface area contributed by atoms with Crippen molar-refractivity contribution in [2.24, 2.45) is 5.92 Å². The van der Waals surface area contributed by atoms with E-state index < -0.39 is 29.8 Å². The van der Waals surface area contributed by atoms with Crippen LogP contribution in [-0.4, -0.2) is 63.9 Å². The van der Waals surface area contributed by atoms with E-state index in [1.807, 2.05) is 29.2 Å². The average Bonchev–Trinajstić information content (AvgIpc) is 3.26. The second kappa shape index (κ2) is 9.76. The normalized spacial score (nSPS) is 18.0. The van der Waals surface area contributed by atoms with E-state index in [4.69, 9.17) is 0 Å². The second-order valence-corrected chi connectivity index (χ2v) is 8.66. The molecule has 0 aromatic heterocycles. The zero-order valence-electron chi connectivity index (χ0n) is 18.2. The molecule has 0 aliphatic carbocycles. The van der Waals surface area contributed by atoms with Gasteiger partial charge in [-0.15, -0.1) is 0 Å². The molecule has 2 aromatic carbocycles. The summed E-state index contributed by atoms with van der Waals surface area (Å²) in [5.74, 6) is -1.93. The number of carbonyl (C=O) groups is 2. The van der Waals surface area contributed by atoms with Crippen LogP contribution in [0.2, 0.25) is 0 Å². The van der Waals surface area contributed by atoms with E-state index >= 15 is 0 Å². The van der Waals surface area contributed by atoms with Crippen molar-refractivity contribution >= 4 is 17.5 Å². The van der Waals surface area contributed by atoms with Gasteiger partial charge in [0.1, 0.15) is 11.6 Å². The van der Waals surface area contributed by atoms with Crippen molar-refractivity contribution in [2.45, 2.75) is 38.1 Å². The summed E-state index contributed by atoms with van der Waals surface area (Å²) in [4.78, 5) is 28.3. The van der Waals surface area contributed by atoms with Crippen molar-refractivity contribution in [3.05, 3.63) is 59.4 Å². The van der Waals surface area contributed by atoms with E-state index in [1.54, 1.807) is 6.07 Å². The number of anilines is 1. The fourth-order valence-electron chi connectivity index (χ4n) is 4.45. The van der Waals surface area contributed by atoms with Crippen molar-refractivity contribution in [1.29, 1.82) is 0 Å². The minimum absolute atomic E-state index is 0.107. The molecule has 1 fully saturated rings. The van der Waals surface area contributed by atoms with Crippen LogP contribution in [0.3, 0.4) is 0 Å². The lowest BCUT2D eigenvalue weighted by atomic mass is 9.96. The monoisotopic (exact) mass is 457 g/mol. The Morgan fingerprint density at radius 1 is 1.03 bits per heavy atom. The highest BCUT2D eigenvalue weighted by Gasteiger charge is 2.35. The molecule has 2 heterocycles. The Kier molecular flexibility index (Phi) is 6.80. The number of nitrogens with one attached hydrogen (secondary N) is 1. The molecule has 0 spiro atoms. The number of halogens is 1. The number of rotatable bonds is 6. The van der Waals surface area contributed by atoms with Gasteiger partial charge in [0, 0.05) is 38.8 Å². The number of fused-ring (bicyclic) bond motifs is 1. The Bertz CT molecular complexity index is 1000. The minimum atomic E-state index is -1.85. The Labute approximate surface area is 191 Å². The molecule has 4 N–H and O–H groups in total. The van der Waals surface area contributed by atoms with E-state index in [2.05, 4.69) is 5.32 Å². The number of amides is 2. The first-order valence-electron chi connectivity index (χ1n) is 11.1. The molecule has 0 bridgehead atoms. The quantitative estimate of drug-likeness (QED) is 0.517. The first-order chi connectivity index (χ1) is 15.8. The van der Waals surface area contributed by atoms with Gasteiger partial charge in [0.15, 0.2) is 12.2 Å². The number of hydrogen-bond donors (Lipinski definition) is 4. The van der Waals surface area contributed by atoms with Crippen LogP contribution in [0.4, 0.5) is 10.1 Å². The standard InChI is InChI=1S/C24H28FN3O5/c25-18-5-6-19(20(29)11-18)27-9-7-15(8-10-27)12-26-23(32)21(30)22(31)24(33)28-13-16-3-1-2-4-17(16)14-28/h1-6,11,15,21-22,29-31H,7-10,12-14H2,(H,26,32)/t21?,22-/m1/s1. The molecule has 4 rings (SSSR count). The van der Waals surface area contributed by atoms with Crippen LogP contribution < -0.4 is 10.2 Å². The van der Waals surface area contributed by atoms with Crippen molar-refractivity contribution < 1.29 is 29.3 Å². The highest BCUT2D eigenvalue weighted by molar-refractivity contribution is 5.90. The van der Waals surface area contributed by atoms with Gasteiger partial charge in [0.05, 0.1) is 5.69 Å². The molecule has 0 radical (unpaired) electrons. The molecule has 2 aliphatic rings. The molecule has 1 saturated heterocycles. The first-order valence-corrected chi connectivity index (χ1v) is 11.1. The first kappa shape index (κ1) is 23.0. The molecule has 9 heteroatoms. The fraction of sp³-hybridized carbons (Fsp3) is 0.417. The molecular formula is C24H28FN3O5. The van der Waals surface area contributed by atoms with E-state index in [-0.39, 0.29) is 11.7 Å². The lowest BCUT2D eigenvalue weighted by Gasteiger charge is -2.34.